The van der Waals surface area contributed by atoms with Crippen molar-refractivity contribution in [2.45, 2.75) is 51.0 Å². The van der Waals surface area contributed by atoms with E-state index >= 15 is 0 Å². The summed E-state index contributed by atoms with van der Waals surface area (Å²) >= 11 is 0. The van der Waals surface area contributed by atoms with Gasteiger partial charge in [0.2, 0.25) is 0 Å². The van der Waals surface area contributed by atoms with Gasteiger partial charge in [0.1, 0.15) is 0 Å². The molecule has 104 valence electrons. The normalized spacial score (nSPS) is 41.7. The number of hydrogen-bond donors (Lipinski definition) is 1. The van der Waals surface area contributed by atoms with Crippen LogP contribution in [0.3, 0.4) is 0 Å². The van der Waals surface area contributed by atoms with Gasteiger partial charge in [-0.3, -0.25) is 0 Å². The lowest BCUT2D eigenvalue weighted by Gasteiger charge is -2.58. The number of aryl methyl sites for hydroxylation is 1. The number of rotatable bonds is 3. The Hall–Kier alpha value is -0.970. The number of tetrazole rings is 1. The van der Waals surface area contributed by atoms with Crippen LogP contribution in [0.15, 0.2) is 0 Å². The maximum absolute atomic E-state index is 6.60. The fourth-order valence-electron chi connectivity index (χ4n) is 5.45. The minimum atomic E-state index is 0.213. The van der Waals surface area contributed by atoms with Gasteiger partial charge in [0, 0.05) is 12.5 Å². The Morgan fingerprint density at radius 2 is 1.79 bits per heavy atom. The van der Waals surface area contributed by atoms with E-state index in [1.165, 1.54) is 43.3 Å². The first-order valence-electron chi connectivity index (χ1n) is 7.61. The van der Waals surface area contributed by atoms with Crippen LogP contribution in [-0.4, -0.2) is 26.2 Å². The number of nitrogens with zero attached hydrogens (tertiary/aromatic N) is 4. The number of aromatic nitrogens is 4. The molecule has 1 heterocycles. The second-order valence-electron chi connectivity index (χ2n) is 7.29. The van der Waals surface area contributed by atoms with Gasteiger partial charge < -0.3 is 5.73 Å². The van der Waals surface area contributed by atoms with E-state index in [0.29, 0.717) is 5.41 Å². The summed E-state index contributed by atoms with van der Waals surface area (Å²) in [6, 6.07) is 0.213. The zero-order valence-corrected chi connectivity index (χ0v) is 11.6. The molecule has 0 aliphatic heterocycles. The van der Waals surface area contributed by atoms with Crippen molar-refractivity contribution in [3.8, 4) is 0 Å². The molecule has 4 aliphatic carbocycles. The Morgan fingerprint density at radius 1 is 1.21 bits per heavy atom. The topological polar surface area (TPSA) is 69.6 Å². The largest absolute Gasteiger partial charge is 0.327 e. The minimum Gasteiger partial charge on any atom is -0.327 e. The summed E-state index contributed by atoms with van der Waals surface area (Å²) in [5.41, 5.74) is 6.98. The van der Waals surface area contributed by atoms with Gasteiger partial charge >= 0.3 is 0 Å². The molecule has 0 saturated heterocycles. The van der Waals surface area contributed by atoms with E-state index in [1.54, 1.807) is 0 Å². The van der Waals surface area contributed by atoms with Crippen LogP contribution in [0.2, 0.25) is 0 Å². The lowest BCUT2D eigenvalue weighted by molar-refractivity contribution is -0.0670. The number of nitrogens with two attached hydrogens (primary N) is 1. The molecule has 4 aliphatic rings. The molecule has 1 unspecified atom stereocenters. The van der Waals surface area contributed by atoms with Crippen LogP contribution in [0.4, 0.5) is 0 Å². The lowest BCUT2D eigenvalue weighted by Crippen LogP contribution is -2.55. The van der Waals surface area contributed by atoms with Crippen LogP contribution in [0.5, 0.6) is 0 Å². The molecule has 4 fully saturated rings. The third-order valence-electron chi connectivity index (χ3n) is 5.82. The van der Waals surface area contributed by atoms with Gasteiger partial charge in [0.15, 0.2) is 5.82 Å². The lowest BCUT2D eigenvalue weighted by atomic mass is 9.47. The van der Waals surface area contributed by atoms with Gasteiger partial charge in [-0.1, -0.05) is 0 Å². The van der Waals surface area contributed by atoms with Crippen LogP contribution < -0.4 is 5.73 Å². The van der Waals surface area contributed by atoms with Crippen molar-refractivity contribution in [1.82, 2.24) is 20.2 Å². The fraction of sp³-hybridized carbons (Fsp3) is 0.929. The summed E-state index contributed by atoms with van der Waals surface area (Å²) in [5, 5.41) is 12.3. The van der Waals surface area contributed by atoms with Gasteiger partial charge in [-0.25, -0.2) is 0 Å². The molecular formula is C14H23N5. The average Bonchev–Trinajstić information content (AvgIpc) is 2.73. The van der Waals surface area contributed by atoms with Crippen LogP contribution in [0.25, 0.3) is 0 Å². The van der Waals surface area contributed by atoms with Gasteiger partial charge in [0.05, 0.1) is 7.05 Å². The average molecular weight is 261 g/mol. The highest BCUT2D eigenvalue weighted by Gasteiger charge is 2.53. The first kappa shape index (κ1) is 11.8. The molecule has 5 rings (SSSR count). The molecule has 1 atom stereocenters. The van der Waals surface area contributed by atoms with E-state index in [1.807, 2.05) is 7.05 Å². The van der Waals surface area contributed by atoms with E-state index in [9.17, 15) is 0 Å². The summed E-state index contributed by atoms with van der Waals surface area (Å²) < 4.78 is 0. The molecule has 4 saturated carbocycles. The predicted molar refractivity (Wildman–Crippen MR) is 71.1 cm³/mol. The van der Waals surface area contributed by atoms with Gasteiger partial charge in [-0.05, 0) is 66.9 Å². The Bertz CT molecular complexity index is 445. The van der Waals surface area contributed by atoms with E-state index < -0.39 is 0 Å². The molecule has 0 aromatic carbocycles. The zero-order chi connectivity index (χ0) is 13.0. The Kier molecular flexibility index (Phi) is 2.50. The van der Waals surface area contributed by atoms with Crippen molar-refractivity contribution in [3.05, 3.63) is 5.82 Å². The van der Waals surface area contributed by atoms with Crippen molar-refractivity contribution in [1.29, 1.82) is 0 Å². The first-order chi connectivity index (χ1) is 9.13. The van der Waals surface area contributed by atoms with Crippen LogP contribution in [0, 0.1) is 23.2 Å². The molecular weight excluding hydrogens is 238 g/mol. The quantitative estimate of drug-likeness (QED) is 0.890. The van der Waals surface area contributed by atoms with Crippen molar-refractivity contribution < 1.29 is 0 Å². The molecule has 4 bridgehead atoms. The molecule has 1 aromatic heterocycles. The van der Waals surface area contributed by atoms with E-state index in [-0.39, 0.29) is 6.04 Å². The van der Waals surface area contributed by atoms with Crippen molar-refractivity contribution in [2.24, 2.45) is 36.0 Å². The smallest absolute Gasteiger partial charge is 0.176 e. The number of hydrogen-bond acceptors (Lipinski definition) is 4. The van der Waals surface area contributed by atoms with Gasteiger partial charge in [-0.2, -0.15) is 4.80 Å². The minimum absolute atomic E-state index is 0.213. The van der Waals surface area contributed by atoms with Crippen molar-refractivity contribution in [2.75, 3.05) is 0 Å². The molecule has 0 spiro atoms. The summed E-state index contributed by atoms with van der Waals surface area (Å²) in [5.74, 6) is 3.66. The predicted octanol–water partition coefficient (Wildman–Crippen LogP) is 1.30. The highest BCUT2D eigenvalue weighted by molar-refractivity contribution is 5.07. The summed E-state index contributed by atoms with van der Waals surface area (Å²) in [4.78, 5) is 1.53. The maximum Gasteiger partial charge on any atom is 0.176 e. The Morgan fingerprint density at radius 3 is 2.26 bits per heavy atom. The van der Waals surface area contributed by atoms with Crippen LogP contribution in [-0.2, 0) is 13.5 Å². The summed E-state index contributed by atoms with van der Waals surface area (Å²) in [7, 11) is 1.81. The SMILES string of the molecule is Cn1nnc(CC(N)C23CC4CC(CC(C4)C2)C3)n1. The monoisotopic (exact) mass is 261 g/mol. The molecule has 0 radical (unpaired) electrons. The highest BCUT2D eigenvalue weighted by atomic mass is 15.6. The van der Waals surface area contributed by atoms with Crippen LogP contribution >= 0.6 is 0 Å². The zero-order valence-electron chi connectivity index (χ0n) is 11.6. The summed E-state index contributed by atoms with van der Waals surface area (Å²) in [6.45, 7) is 0. The van der Waals surface area contributed by atoms with Crippen LogP contribution in [0.1, 0.15) is 44.3 Å². The standard InChI is InChI=1S/C14H23N5/c1-19-17-13(16-18-19)5-12(15)14-6-9-2-10(7-14)4-11(3-9)8-14/h9-12H,2-8,15H2,1H3. The van der Waals surface area contributed by atoms with E-state index in [4.69, 9.17) is 5.73 Å². The second-order valence-corrected chi connectivity index (χ2v) is 7.29. The van der Waals surface area contributed by atoms with Crippen molar-refractivity contribution in [3.63, 3.8) is 0 Å². The van der Waals surface area contributed by atoms with Crippen molar-refractivity contribution >= 4 is 0 Å². The fourth-order valence-corrected chi connectivity index (χ4v) is 5.45. The summed E-state index contributed by atoms with van der Waals surface area (Å²) in [6.07, 6.45) is 9.24. The van der Waals surface area contributed by atoms with E-state index in [2.05, 4.69) is 15.4 Å². The molecule has 2 N–H and O–H groups in total. The molecule has 1 aromatic rings. The van der Waals surface area contributed by atoms with E-state index in [0.717, 1.165) is 30.0 Å². The third-order valence-corrected chi connectivity index (χ3v) is 5.82. The molecule has 5 nitrogen and oxygen atoms in total. The maximum atomic E-state index is 6.60. The Labute approximate surface area is 113 Å². The molecule has 5 heteroatoms. The van der Waals surface area contributed by atoms with Gasteiger partial charge in [-0.15, -0.1) is 10.2 Å². The Balaban J connectivity index is 1.54. The third kappa shape index (κ3) is 1.90. The first-order valence-corrected chi connectivity index (χ1v) is 7.61. The molecule has 0 amide bonds. The van der Waals surface area contributed by atoms with Gasteiger partial charge in [0.25, 0.3) is 0 Å². The highest BCUT2D eigenvalue weighted by Crippen LogP contribution is 2.61. The second kappa shape index (κ2) is 4.01. The molecule has 19 heavy (non-hydrogen) atoms.